The first-order chi connectivity index (χ1) is 10.1. The Morgan fingerprint density at radius 3 is 2.62 bits per heavy atom. The van der Waals surface area contributed by atoms with Crippen molar-refractivity contribution in [3.05, 3.63) is 64.7 Å². The Labute approximate surface area is 121 Å². The molecule has 0 spiro atoms. The predicted octanol–water partition coefficient (Wildman–Crippen LogP) is 3.13. The number of benzene rings is 2. The zero-order chi connectivity index (χ0) is 15.2. The van der Waals surface area contributed by atoms with Crippen LogP contribution in [0.15, 0.2) is 36.4 Å². The summed E-state index contributed by atoms with van der Waals surface area (Å²) in [5.74, 6) is -0.655. The van der Waals surface area contributed by atoms with Gasteiger partial charge in [-0.3, -0.25) is 0 Å². The fraction of sp³-hybridized carbons (Fsp3) is 0.188. The summed E-state index contributed by atoms with van der Waals surface area (Å²) in [5, 5.41) is 12.0. The zero-order valence-electron chi connectivity index (χ0n) is 11.5. The van der Waals surface area contributed by atoms with E-state index in [1.807, 2.05) is 6.07 Å². The maximum Gasteiger partial charge on any atom is 0.136 e. The molecule has 0 saturated carbocycles. The minimum absolute atomic E-state index is 0.286. The van der Waals surface area contributed by atoms with Crippen LogP contribution >= 0.6 is 0 Å². The molecular formula is C16H14F2N2O. The van der Waals surface area contributed by atoms with Gasteiger partial charge in [-0.2, -0.15) is 5.26 Å². The van der Waals surface area contributed by atoms with Crippen molar-refractivity contribution in [3.63, 3.8) is 0 Å². The Morgan fingerprint density at radius 2 is 1.95 bits per heavy atom. The van der Waals surface area contributed by atoms with Crippen LogP contribution in [0.3, 0.4) is 0 Å². The number of nitriles is 1. The fourth-order valence-corrected chi connectivity index (χ4v) is 1.94. The minimum atomic E-state index is -0.590. The van der Waals surface area contributed by atoms with E-state index >= 15 is 0 Å². The highest BCUT2D eigenvalue weighted by Crippen LogP contribution is 2.19. The summed E-state index contributed by atoms with van der Waals surface area (Å²) in [4.78, 5) is 0. The molecule has 3 nitrogen and oxygen atoms in total. The van der Waals surface area contributed by atoms with Gasteiger partial charge in [0.2, 0.25) is 0 Å². The summed E-state index contributed by atoms with van der Waals surface area (Å²) in [6, 6.07) is 10.8. The Kier molecular flexibility index (Phi) is 4.85. The van der Waals surface area contributed by atoms with Gasteiger partial charge in [0.25, 0.3) is 0 Å². The Morgan fingerprint density at radius 1 is 1.14 bits per heavy atom. The molecule has 0 bridgehead atoms. The maximum absolute atomic E-state index is 13.5. The standard InChI is InChI=1S/C16H14F2N2O/c1-21-16-6-11(2-3-12(16)8-19)9-20-10-13-4-5-14(17)7-15(13)18/h2-7,20H,9-10H2,1H3. The molecular weight excluding hydrogens is 274 g/mol. The van der Waals surface area contributed by atoms with Crippen LogP contribution in [-0.4, -0.2) is 7.11 Å². The summed E-state index contributed by atoms with van der Waals surface area (Å²) in [7, 11) is 1.50. The number of halogens is 2. The average molecular weight is 288 g/mol. The van der Waals surface area contributed by atoms with Crippen LogP contribution in [0, 0.1) is 23.0 Å². The molecule has 0 unspecified atom stereocenters. The summed E-state index contributed by atoms with van der Waals surface area (Å²) >= 11 is 0. The monoisotopic (exact) mass is 288 g/mol. The summed E-state index contributed by atoms with van der Waals surface area (Å²) in [6.07, 6.45) is 0. The van der Waals surface area contributed by atoms with E-state index in [1.165, 1.54) is 19.2 Å². The summed E-state index contributed by atoms with van der Waals surface area (Å²) in [5.41, 5.74) is 1.77. The van der Waals surface area contributed by atoms with Crippen molar-refractivity contribution >= 4 is 0 Å². The van der Waals surface area contributed by atoms with Crippen LogP contribution in [0.2, 0.25) is 0 Å². The third kappa shape index (κ3) is 3.77. The molecule has 2 aromatic carbocycles. The van der Waals surface area contributed by atoms with Crippen LogP contribution in [-0.2, 0) is 13.1 Å². The summed E-state index contributed by atoms with van der Waals surface area (Å²) < 4.78 is 31.4. The molecule has 5 heteroatoms. The molecule has 2 rings (SSSR count). The van der Waals surface area contributed by atoms with Crippen LogP contribution < -0.4 is 10.1 Å². The molecule has 0 aliphatic rings. The van der Waals surface area contributed by atoms with E-state index in [4.69, 9.17) is 10.00 Å². The SMILES string of the molecule is COc1cc(CNCc2ccc(F)cc2F)ccc1C#N. The van der Waals surface area contributed by atoms with E-state index in [1.54, 1.807) is 18.2 Å². The second-order valence-corrected chi connectivity index (χ2v) is 4.49. The van der Waals surface area contributed by atoms with E-state index in [0.717, 1.165) is 11.6 Å². The number of hydrogen-bond acceptors (Lipinski definition) is 3. The molecule has 108 valence electrons. The number of rotatable bonds is 5. The van der Waals surface area contributed by atoms with Crippen molar-refractivity contribution in [1.82, 2.24) is 5.32 Å². The van der Waals surface area contributed by atoms with Gasteiger partial charge in [-0.1, -0.05) is 12.1 Å². The van der Waals surface area contributed by atoms with Gasteiger partial charge in [0.1, 0.15) is 23.5 Å². The summed E-state index contributed by atoms with van der Waals surface area (Å²) in [6.45, 7) is 0.771. The highest BCUT2D eigenvalue weighted by Gasteiger charge is 2.05. The highest BCUT2D eigenvalue weighted by atomic mass is 19.1. The number of nitrogens with zero attached hydrogens (tertiary/aromatic N) is 1. The molecule has 0 radical (unpaired) electrons. The Balaban J connectivity index is 1.99. The second-order valence-electron chi connectivity index (χ2n) is 4.49. The van der Waals surface area contributed by atoms with Gasteiger partial charge in [-0.15, -0.1) is 0 Å². The van der Waals surface area contributed by atoms with E-state index in [0.29, 0.717) is 23.4 Å². The van der Waals surface area contributed by atoms with Crippen LogP contribution in [0.25, 0.3) is 0 Å². The topological polar surface area (TPSA) is 45.0 Å². The molecule has 21 heavy (non-hydrogen) atoms. The lowest BCUT2D eigenvalue weighted by Crippen LogP contribution is -2.14. The van der Waals surface area contributed by atoms with E-state index in [-0.39, 0.29) is 6.54 Å². The Hall–Kier alpha value is -2.45. The normalized spacial score (nSPS) is 10.2. The number of ether oxygens (including phenoxy) is 1. The van der Waals surface area contributed by atoms with Gasteiger partial charge >= 0.3 is 0 Å². The van der Waals surface area contributed by atoms with Crippen molar-refractivity contribution in [2.45, 2.75) is 13.1 Å². The van der Waals surface area contributed by atoms with Gasteiger partial charge in [0.15, 0.2) is 0 Å². The number of methoxy groups -OCH3 is 1. The predicted molar refractivity (Wildman–Crippen MR) is 74.6 cm³/mol. The van der Waals surface area contributed by atoms with Crippen molar-refractivity contribution < 1.29 is 13.5 Å². The average Bonchev–Trinajstić information content (AvgIpc) is 2.49. The lowest BCUT2D eigenvalue weighted by molar-refractivity contribution is 0.412. The first kappa shape index (κ1) is 14.9. The second kappa shape index (κ2) is 6.82. The molecule has 0 fully saturated rings. The maximum atomic E-state index is 13.5. The van der Waals surface area contributed by atoms with Gasteiger partial charge in [-0.25, -0.2) is 8.78 Å². The quantitative estimate of drug-likeness (QED) is 0.919. The van der Waals surface area contributed by atoms with Gasteiger partial charge in [-0.05, 0) is 23.8 Å². The Bertz CT molecular complexity index is 680. The number of nitrogens with one attached hydrogen (secondary N) is 1. The third-order valence-corrected chi connectivity index (χ3v) is 3.05. The molecule has 0 atom stereocenters. The van der Waals surface area contributed by atoms with Crippen LogP contribution in [0.5, 0.6) is 5.75 Å². The number of hydrogen-bond donors (Lipinski definition) is 1. The zero-order valence-corrected chi connectivity index (χ0v) is 11.5. The van der Waals surface area contributed by atoms with Crippen molar-refractivity contribution in [1.29, 1.82) is 5.26 Å². The molecule has 0 amide bonds. The van der Waals surface area contributed by atoms with Gasteiger partial charge in [0, 0.05) is 24.7 Å². The molecule has 0 aliphatic carbocycles. The van der Waals surface area contributed by atoms with E-state index in [2.05, 4.69) is 5.32 Å². The van der Waals surface area contributed by atoms with Gasteiger partial charge < -0.3 is 10.1 Å². The molecule has 0 heterocycles. The lowest BCUT2D eigenvalue weighted by atomic mass is 10.1. The van der Waals surface area contributed by atoms with Crippen molar-refractivity contribution in [2.24, 2.45) is 0 Å². The molecule has 2 aromatic rings. The highest BCUT2D eigenvalue weighted by molar-refractivity contribution is 5.45. The lowest BCUT2D eigenvalue weighted by Gasteiger charge is -2.08. The largest absolute Gasteiger partial charge is 0.495 e. The third-order valence-electron chi connectivity index (χ3n) is 3.05. The molecule has 0 saturated heterocycles. The first-order valence-corrected chi connectivity index (χ1v) is 6.35. The minimum Gasteiger partial charge on any atom is -0.495 e. The first-order valence-electron chi connectivity index (χ1n) is 6.35. The molecule has 1 N–H and O–H groups in total. The van der Waals surface area contributed by atoms with Gasteiger partial charge in [0.05, 0.1) is 12.7 Å². The van der Waals surface area contributed by atoms with Crippen molar-refractivity contribution in [2.75, 3.05) is 7.11 Å². The molecule has 0 aromatic heterocycles. The van der Waals surface area contributed by atoms with Crippen LogP contribution in [0.1, 0.15) is 16.7 Å². The van der Waals surface area contributed by atoms with Crippen LogP contribution in [0.4, 0.5) is 8.78 Å². The molecule has 0 aliphatic heterocycles. The van der Waals surface area contributed by atoms with E-state index in [9.17, 15) is 8.78 Å². The smallest absolute Gasteiger partial charge is 0.136 e. The fourth-order valence-electron chi connectivity index (χ4n) is 1.94. The van der Waals surface area contributed by atoms with E-state index < -0.39 is 11.6 Å². The van der Waals surface area contributed by atoms with Crippen molar-refractivity contribution in [3.8, 4) is 11.8 Å².